The molecule has 1 amide bonds. The van der Waals surface area contributed by atoms with Gasteiger partial charge >= 0.3 is 0 Å². The van der Waals surface area contributed by atoms with Crippen molar-refractivity contribution >= 4 is 30.7 Å². The highest BCUT2D eigenvalue weighted by Gasteiger charge is 2.30. The van der Waals surface area contributed by atoms with Gasteiger partial charge in [0.25, 0.3) is 0 Å². The zero-order valence-corrected chi connectivity index (χ0v) is 15.8. The van der Waals surface area contributed by atoms with Gasteiger partial charge < -0.3 is 11.1 Å². The van der Waals surface area contributed by atoms with E-state index in [4.69, 9.17) is 5.73 Å². The number of benzene rings is 1. The molecular weight excluding hydrogens is 333 g/mol. The van der Waals surface area contributed by atoms with Crippen LogP contribution in [0.3, 0.4) is 0 Å². The van der Waals surface area contributed by atoms with Gasteiger partial charge in [-0.1, -0.05) is 31.2 Å². The number of nitrogens with two attached hydrogens (primary N) is 1. The number of nitrogens with zero attached hydrogens (tertiary/aromatic N) is 1. The molecule has 6 heteroatoms. The molecule has 1 atom stereocenters. The van der Waals surface area contributed by atoms with Crippen LogP contribution in [0.2, 0.25) is 0 Å². The molecule has 0 radical (unpaired) electrons. The lowest BCUT2D eigenvalue weighted by atomic mass is 9.94. The second-order valence-electron chi connectivity index (χ2n) is 6.49. The van der Waals surface area contributed by atoms with Gasteiger partial charge in [0.1, 0.15) is 0 Å². The zero-order valence-electron chi connectivity index (χ0n) is 14.2. The summed E-state index contributed by atoms with van der Waals surface area (Å²) in [6.07, 6.45) is 1.74. The Kier molecular flexibility index (Phi) is 9.14. The van der Waals surface area contributed by atoms with Crippen LogP contribution < -0.4 is 11.1 Å². The molecule has 0 saturated heterocycles. The number of carbonyl (C=O) groups is 1. The van der Waals surface area contributed by atoms with Gasteiger partial charge in [0, 0.05) is 25.2 Å². The third-order valence-corrected chi connectivity index (χ3v) is 4.46. The average Bonchev–Trinajstić information content (AvgIpc) is 2.51. The quantitative estimate of drug-likeness (QED) is 0.846. The molecule has 23 heavy (non-hydrogen) atoms. The van der Waals surface area contributed by atoms with E-state index in [2.05, 4.69) is 48.3 Å². The van der Waals surface area contributed by atoms with E-state index in [1.54, 1.807) is 0 Å². The fourth-order valence-corrected chi connectivity index (χ4v) is 2.74. The van der Waals surface area contributed by atoms with Crippen molar-refractivity contribution in [3.05, 3.63) is 35.4 Å². The number of amides is 1. The van der Waals surface area contributed by atoms with Gasteiger partial charge in [-0.2, -0.15) is 0 Å². The number of halogens is 2. The molecule has 0 aromatic heterocycles. The summed E-state index contributed by atoms with van der Waals surface area (Å²) >= 11 is 0. The van der Waals surface area contributed by atoms with E-state index < -0.39 is 6.04 Å². The van der Waals surface area contributed by atoms with E-state index in [1.165, 1.54) is 11.1 Å². The van der Waals surface area contributed by atoms with Crippen LogP contribution in [0.15, 0.2) is 24.3 Å². The van der Waals surface area contributed by atoms with E-state index in [1.807, 2.05) is 6.92 Å². The van der Waals surface area contributed by atoms with Crippen LogP contribution in [-0.4, -0.2) is 35.5 Å². The average molecular weight is 362 g/mol. The van der Waals surface area contributed by atoms with Crippen molar-refractivity contribution in [2.75, 3.05) is 13.1 Å². The minimum atomic E-state index is -0.400. The molecule has 1 aromatic carbocycles. The second kappa shape index (κ2) is 9.48. The molecule has 1 aromatic rings. The van der Waals surface area contributed by atoms with Crippen LogP contribution in [0.4, 0.5) is 0 Å². The lowest BCUT2D eigenvalue weighted by Crippen LogP contribution is -2.54. The minimum Gasteiger partial charge on any atom is -0.353 e. The fourth-order valence-electron chi connectivity index (χ4n) is 2.74. The van der Waals surface area contributed by atoms with Crippen molar-refractivity contribution in [2.45, 2.75) is 51.7 Å². The lowest BCUT2D eigenvalue weighted by molar-refractivity contribution is -0.123. The molecule has 4 nitrogen and oxygen atoms in total. The van der Waals surface area contributed by atoms with E-state index in [9.17, 15) is 4.79 Å². The van der Waals surface area contributed by atoms with E-state index in [-0.39, 0.29) is 36.3 Å². The Morgan fingerprint density at radius 2 is 1.91 bits per heavy atom. The van der Waals surface area contributed by atoms with Crippen LogP contribution >= 0.6 is 24.8 Å². The van der Waals surface area contributed by atoms with E-state index >= 15 is 0 Å². The minimum absolute atomic E-state index is 0. The van der Waals surface area contributed by atoms with Crippen molar-refractivity contribution in [3.8, 4) is 0 Å². The number of fused-ring (bicyclic) bond motifs is 1. The van der Waals surface area contributed by atoms with Crippen LogP contribution in [0.5, 0.6) is 0 Å². The van der Waals surface area contributed by atoms with Crippen molar-refractivity contribution in [1.82, 2.24) is 10.2 Å². The first-order valence-electron chi connectivity index (χ1n) is 7.79. The van der Waals surface area contributed by atoms with Gasteiger partial charge in [0.15, 0.2) is 0 Å². The van der Waals surface area contributed by atoms with Gasteiger partial charge in [0.2, 0.25) is 5.91 Å². The molecular formula is C17H29Cl2N3O. The predicted octanol–water partition coefficient (Wildman–Crippen LogP) is 2.52. The smallest absolute Gasteiger partial charge is 0.236 e. The predicted molar refractivity (Wildman–Crippen MR) is 100 cm³/mol. The second-order valence-corrected chi connectivity index (χ2v) is 6.49. The zero-order chi connectivity index (χ0) is 15.5. The molecule has 0 spiro atoms. The summed E-state index contributed by atoms with van der Waals surface area (Å²) in [7, 11) is 0. The van der Waals surface area contributed by atoms with Crippen molar-refractivity contribution in [1.29, 1.82) is 0 Å². The maximum Gasteiger partial charge on any atom is 0.236 e. The standard InChI is InChI=1S/C17H27N3O.2ClH/c1-4-15(18)16(21)19-12-17(2,3)20-10-9-13-7-5-6-8-14(13)11-20;;/h5-8,15H,4,9-12,18H2,1-3H3,(H,19,21);2*1H/t15-;;/m0../s1. The van der Waals surface area contributed by atoms with Gasteiger partial charge in [-0.15, -0.1) is 24.8 Å². The number of nitrogens with one attached hydrogen (secondary N) is 1. The number of hydrogen-bond donors (Lipinski definition) is 2. The number of rotatable bonds is 5. The molecule has 0 bridgehead atoms. The van der Waals surface area contributed by atoms with Crippen LogP contribution in [0.25, 0.3) is 0 Å². The van der Waals surface area contributed by atoms with Crippen LogP contribution in [0, 0.1) is 0 Å². The largest absolute Gasteiger partial charge is 0.353 e. The Labute approximate surface area is 152 Å². The molecule has 1 heterocycles. The third-order valence-electron chi connectivity index (χ3n) is 4.46. The molecule has 1 aliphatic rings. The summed E-state index contributed by atoms with van der Waals surface area (Å²) in [5, 5.41) is 2.99. The van der Waals surface area contributed by atoms with E-state index in [0.717, 1.165) is 19.5 Å². The van der Waals surface area contributed by atoms with Gasteiger partial charge in [-0.25, -0.2) is 0 Å². The summed E-state index contributed by atoms with van der Waals surface area (Å²) < 4.78 is 0. The Bertz CT molecular complexity index is 508. The molecule has 3 N–H and O–H groups in total. The highest BCUT2D eigenvalue weighted by atomic mass is 35.5. The first kappa shape index (κ1) is 22.2. The molecule has 0 aliphatic carbocycles. The van der Waals surface area contributed by atoms with Crippen molar-refractivity contribution < 1.29 is 4.79 Å². The molecule has 2 rings (SSSR count). The Balaban J connectivity index is 0.00000242. The SMILES string of the molecule is CC[C@H](N)C(=O)NCC(C)(C)N1CCc2ccccc2C1.Cl.Cl. The number of carbonyl (C=O) groups excluding carboxylic acids is 1. The maximum absolute atomic E-state index is 11.8. The summed E-state index contributed by atoms with van der Waals surface area (Å²) in [5.41, 5.74) is 8.53. The molecule has 0 fully saturated rings. The first-order chi connectivity index (χ1) is 9.94. The van der Waals surface area contributed by atoms with Gasteiger partial charge in [0.05, 0.1) is 6.04 Å². The Morgan fingerprint density at radius 3 is 2.52 bits per heavy atom. The highest BCUT2D eigenvalue weighted by Crippen LogP contribution is 2.24. The Hall–Kier alpha value is -0.810. The highest BCUT2D eigenvalue weighted by molar-refractivity contribution is 5.85. The summed E-state index contributed by atoms with van der Waals surface area (Å²) in [4.78, 5) is 14.3. The normalized spacial score (nSPS) is 15.7. The fraction of sp³-hybridized carbons (Fsp3) is 0.588. The summed E-state index contributed by atoms with van der Waals surface area (Å²) in [5.74, 6) is -0.0528. The lowest BCUT2D eigenvalue weighted by Gasteiger charge is -2.41. The monoisotopic (exact) mass is 361 g/mol. The number of hydrogen-bond acceptors (Lipinski definition) is 3. The maximum atomic E-state index is 11.8. The molecule has 0 saturated carbocycles. The van der Waals surface area contributed by atoms with Gasteiger partial charge in [-0.3, -0.25) is 9.69 Å². The van der Waals surface area contributed by atoms with E-state index in [0.29, 0.717) is 13.0 Å². The third kappa shape index (κ3) is 5.64. The van der Waals surface area contributed by atoms with Gasteiger partial charge in [-0.05, 0) is 37.8 Å². The summed E-state index contributed by atoms with van der Waals surface area (Å²) in [6.45, 7) is 8.88. The van der Waals surface area contributed by atoms with Crippen molar-refractivity contribution in [3.63, 3.8) is 0 Å². The topological polar surface area (TPSA) is 58.4 Å². The van der Waals surface area contributed by atoms with Crippen LogP contribution in [-0.2, 0) is 17.8 Å². The molecule has 1 aliphatic heterocycles. The van der Waals surface area contributed by atoms with Crippen LogP contribution in [0.1, 0.15) is 38.3 Å². The summed E-state index contributed by atoms with van der Waals surface area (Å²) in [6, 6.07) is 8.21. The molecule has 0 unspecified atom stereocenters. The molecule has 132 valence electrons. The Morgan fingerprint density at radius 1 is 1.30 bits per heavy atom. The first-order valence-corrected chi connectivity index (χ1v) is 7.79. The van der Waals surface area contributed by atoms with Crippen molar-refractivity contribution in [2.24, 2.45) is 5.73 Å².